The minimum absolute atomic E-state index is 0.176. The number of nitrogens with one attached hydrogen (secondary N) is 3. The third-order valence-corrected chi connectivity index (χ3v) is 5.29. The van der Waals surface area contributed by atoms with E-state index in [9.17, 15) is 4.79 Å². The molecule has 7 heteroatoms. The number of carbonyl (C=O) groups is 1. The molecule has 2 aliphatic heterocycles. The van der Waals surface area contributed by atoms with Crippen LogP contribution in [0.5, 0.6) is 11.5 Å². The Morgan fingerprint density at radius 1 is 1.00 bits per heavy atom. The van der Waals surface area contributed by atoms with Crippen LogP contribution in [-0.4, -0.2) is 30.9 Å². The quantitative estimate of drug-likeness (QED) is 0.689. The second-order valence-corrected chi connectivity index (χ2v) is 7.57. The van der Waals surface area contributed by atoms with Crippen LogP contribution in [0.25, 0.3) is 0 Å². The molecule has 4 rings (SSSR count). The van der Waals surface area contributed by atoms with Crippen molar-refractivity contribution in [3.8, 4) is 11.5 Å². The van der Waals surface area contributed by atoms with Crippen LogP contribution in [0.2, 0.25) is 0 Å². The highest BCUT2D eigenvalue weighted by Crippen LogP contribution is 2.32. The zero-order chi connectivity index (χ0) is 19.3. The first kappa shape index (κ1) is 18.7. The van der Waals surface area contributed by atoms with Gasteiger partial charge in [-0.2, -0.15) is 0 Å². The lowest BCUT2D eigenvalue weighted by Gasteiger charge is -2.23. The van der Waals surface area contributed by atoms with Crippen molar-refractivity contribution in [2.45, 2.75) is 25.8 Å². The van der Waals surface area contributed by atoms with Gasteiger partial charge >= 0.3 is 0 Å². The Morgan fingerprint density at radius 2 is 1.75 bits per heavy atom. The predicted molar refractivity (Wildman–Crippen MR) is 111 cm³/mol. The molecular weight excluding hydrogens is 374 g/mol. The zero-order valence-corrected chi connectivity index (χ0v) is 16.4. The highest BCUT2D eigenvalue weighted by Gasteiger charge is 2.17. The molecule has 1 saturated heterocycles. The van der Waals surface area contributed by atoms with E-state index in [1.54, 1.807) is 23.1 Å². The Kier molecular flexibility index (Phi) is 5.73. The fraction of sp³-hybridized carbons (Fsp3) is 0.333. The zero-order valence-electron chi connectivity index (χ0n) is 15.6. The summed E-state index contributed by atoms with van der Waals surface area (Å²) in [5.74, 6) is 0.919. The number of amides is 1. The number of piperidine rings is 1. The van der Waals surface area contributed by atoms with Gasteiger partial charge in [-0.3, -0.25) is 10.1 Å². The van der Waals surface area contributed by atoms with Crippen molar-refractivity contribution in [1.29, 1.82) is 0 Å². The molecule has 6 nitrogen and oxygen atoms in total. The molecule has 0 aromatic heterocycles. The van der Waals surface area contributed by atoms with E-state index >= 15 is 0 Å². The van der Waals surface area contributed by atoms with Crippen LogP contribution in [0, 0.1) is 0 Å². The van der Waals surface area contributed by atoms with E-state index in [0.717, 1.165) is 12.2 Å². The largest absolute Gasteiger partial charge is 0.454 e. The van der Waals surface area contributed by atoms with Gasteiger partial charge in [0.2, 0.25) is 6.79 Å². The van der Waals surface area contributed by atoms with Crippen molar-refractivity contribution in [3.05, 3.63) is 53.6 Å². The molecule has 0 atom stereocenters. The molecular formula is C21H24N3O3S+. The smallest absolute Gasteiger partial charge is 0.257 e. The second kappa shape index (κ2) is 8.58. The summed E-state index contributed by atoms with van der Waals surface area (Å²) in [5.41, 5.74) is 2.64. The first-order valence-electron chi connectivity index (χ1n) is 9.62. The molecule has 0 saturated carbocycles. The summed E-state index contributed by atoms with van der Waals surface area (Å²) in [4.78, 5) is 14.0. The third-order valence-electron chi connectivity index (χ3n) is 5.09. The van der Waals surface area contributed by atoms with E-state index in [4.69, 9.17) is 21.7 Å². The van der Waals surface area contributed by atoms with E-state index in [1.165, 1.54) is 37.9 Å². The number of benzene rings is 2. The minimum atomic E-state index is -0.291. The Labute approximate surface area is 169 Å². The van der Waals surface area contributed by atoms with E-state index in [-0.39, 0.29) is 17.8 Å². The number of hydrogen-bond donors (Lipinski definition) is 3. The fourth-order valence-corrected chi connectivity index (χ4v) is 3.81. The van der Waals surface area contributed by atoms with Crippen molar-refractivity contribution < 1.29 is 19.2 Å². The molecule has 3 N–H and O–H groups in total. The van der Waals surface area contributed by atoms with Gasteiger partial charge in [0, 0.05) is 16.8 Å². The summed E-state index contributed by atoms with van der Waals surface area (Å²) in [6, 6.07) is 13.3. The van der Waals surface area contributed by atoms with Gasteiger partial charge < -0.3 is 19.7 Å². The first-order chi connectivity index (χ1) is 13.7. The minimum Gasteiger partial charge on any atom is -0.454 e. The Morgan fingerprint density at radius 3 is 2.54 bits per heavy atom. The molecule has 1 fully saturated rings. The van der Waals surface area contributed by atoms with Crippen molar-refractivity contribution in [2.24, 2.45) is 0 Å². The van der Waals surface area contributed by atoms with E-state index in [0.29, 0.717) is 17.1 Å². The number of hydrogen-bond acceptors (Lipinski definition) is 4. The average Bonchev–Trinajstić information content (AvgIpc) is 3.18. The second-order valence-electron chi connectivity index (χ2n) is 7.16. The highest BCUT2D eigenvalue weighted by molar-refractivity contribution is 7.80. The molecule has 28 heavy (non-hydrogen) atoms. The average molecular weight is 399 g/mol. The van der Waals surface area contributed by atoms with Gasteiger partial charge in [0.15, 0.2) is 16.6 Å². The van der Waals surface area contributed by atoms with Gasteiger partial charge in [0.25, 0.3) is 5.91 Å². The summed E-state index contributed by atoms with van der Waals surface area (Å²) in [5, 5.41) is 6.02. The highest BCUT2D eigenvalue weighted by atomic mass is 32.1. The number of rotatable bonds is 4. The first-order valence-corrected chi connectivity index (χ1v) is 10.0. The summed E-state index contributed by atoms with van der Waals surface area (Å²) in [6.45, 7) is 3.76. The van der Waals surface area contributed by atoms with Gasteiger partial charge in [-0.05, 0) is 61.8 Å². The normalized spacial score (nSPS) is 15.9. The monoisotopic (exact) mass is 398 g/mol. The molecule has 2 heterocycles. The van der Waals surface area contributed by atoms with Gasteiger partial charge in [-0.15, -0.1) is 0 Å². The number of fused-ring (bicyclic) bond motifs is 1. The maximum atomic E-state index is 12.4. The standard InChI is InChI=1S/C21H23N3O3S/c25-20(16-6-9-18-19(12-16)27-14-26-18)23-21(28)22-17-7-4-15(5-8-17)13-24-10-2-1-3-11-24/h4-9,12H,1-3,10-11,13-14H2,(H2,22,23,25,28)/p+1. The Bertz CT molecular complexity index is 864. The summed E-state index contributed by atoms with van der Waals surface area (Å²) in [7, 11) is 0. The molecule has 0 aliphatic carbocycles. The maximum Gasteiger partial charge on any atom is 0.257 e. The lowest BCUT2D eigenvalue weighted by molar-refractivity contribution is -0.918. The Balaban J connectivity index is 1.30. The van der Waals surface area contributed by atoms with Crippen LogP contribution >= 0.6 is 12.2 Å². The third kappa shape index (κ3) is 4.61. The summed E-state index contributed by atoms with van der Waals surface area (Å²) < 4.78 is 10.6. The van der Waals surface area contributed by atoms with Crippen LogP contribution in [0.4, 0.5) is 5.69 Å². The molecule has 2 aromatic carbocycles. The lowest BCUT2D eigenvalue weighted by Crippen LogP contribution is -3.11. The predicted octanol–water partition coefficient (Wildman–Crippen LogP) is 2.11. The topological polar surface area (TPSA) is 64.0 Å². The van der Waals surface area contributed by atoms with Gasteiger partial charge in [-0.25, -0.2) is 0 Å². The van der Waals surface area contributed by atoms with E-state index in [2.05, 4.69) is 22.8 Å². The van der Waals surface area contributed by atoms with Crippen molar-refractivity contribution in [1.82, 2.24) is 5.32 Å². The van der Waals surface area contributed by atoms with Crippen molar-refractivity contribution >= 4 is 28.9 Å². The van der Waals surface area contributed by atoms with Gasteiger partial charge in [0.1, 0.15) is 6.54 Å². The number of likely N-dealkylation sites (tertiary alicyclic amines) is 1. The van der Waals surface area contributed by atoms with Crippen molar-refractivity contribution in [2.75, 3.05) is 25.2 Å². The van der Waals surface area contributed by atoms with Crippen LogP contribution in [0.1, 0.15) is 35.2 Å². The Hall–Kier alpha value is -2.64. The maximum absolute atomic E-state index is 12.4. The van der Waals surface area contributed by atoms with Crippen LogP contribution < -0.4 is 25.0 Å². The van der Waals surface area contributed by atoms with Gasteiger partial charge in [0.05, 0.1) is 13.1 Å². The molecule has 0 bridgehead atoms. The number of quaternary nitrogens is 1. The molecule has 0 unspecified atom stereocenters. The molecule has 2 aliphatic rings. The van der Waals surface area contributed by atoms with Crippen LogP contribution in [0.3, 0.4) is 0 Å². The number of ether oxygens (including phenoxy) is 2. The molecule has 2 aromatic rings. The van der Waals surface area contributed by atoms with Crippen LogP contribution in [0.15, 0.2) is 42.5 Å². The van der Waals surface area contributed by atoms with Gasteiger partial charge in [-0.1, -0.05) is 12.1 Å². The number of thiocarbonyl (C=S) groups is 1. The van der Waals surface area contributed by atoms with Crippen LogP contribution in [-0.2, 0) is 6.54 Å². The molecule has 0 radical (unpaired) electrons. The SMILES string of the molecule is O=C(NC(=S)Nc1ccc(C[NH+]2CCCCC2)cc1)c1ccc2c(c1)OCO2. The number of carbonyl (C=O) groups excluding carboxylic acids is 1. The number of anilines is 1. The lowest BCUT2D eigenvalue weighted by atomic mass is 10.1. The fourth-order valence-electron chi connectivity index (χ4n) is 3.60. The molecule has 0 spiro atoms. The summed E-state index contributed by atoms with van der Waals surface area (Å²) >= 11 is 5.27. The van der Waals surface area contributed by atoms with Crippen molar-refractivity contribution in [3.63, 3.8) is 0 Å². The van der Waals surface area contributed by atoms with E-state index in [1.807, 2.05) is 12.1 Å². The van der Waals surface area contributed by atoms with E-state index < -0.39 is 0 Å². The molecule has 146 valence electrons. The summed E-state index contributed by atoms with van der Waals surface area (Å²) in [6.07, 6.45) is 4.01. The molecule has 1 amide bonds.